The van der Waals surface area contributed by atoms with E-state index in [2.05, 4.69) is 62.5 Å². The molecule has 1 nitrogen and oxygen atoms in total. The van der Waals surface area contributed by atoms with E-state index in [0.29, 0.717) is 5.78 Å². The first-order chi connectivity index (χ1) is 18.3. The molecular weight excluding hydrogens is 448 g/mol. The summed E-state index contributed by atoms with van der Waals surface area (Å²) in [4.78, 5) is 12.1. The number of ketones is 1. The SMILES string of the molecule is CCCCCC=CCC=CCCCCCCCCC(=O)CCCCCCCC=CCC=CCCCCC. The molecule has 0 rings (SSSR count). The largest absolute Gasteiger partial charge is 0.300 e. The van der Waals surface area contributed by atoms with Gasteiger partial charge in [-0.3, -0.25) is 4.79 Å². The summed E-state index contributed by atoms with van der Waals surface area (Å²) in [5, 5.41) is 0. The van der Waals surface area contributed by atoms with Crippen LogP contribution in [0.25, 0.3) is 0 Å². The van der Waals surface area contributed by atoms with Crippen molar-refractivity contribution in [3.63, 3.8) is 0 Å². The maximum Gasteiger partial charge on any atom is 0.132 e. The minimum Gasteiger partial charge on any atom is -0.300 e. The van der Waals surface area contributed by atoms with Gasteiger partial charge in [0.25, 0.3) is 0 Å². The van der Waals surface area contributed by atoms with Gasteiger partial charge in [-0.15, -0.1) is 0 Å². The van der Waals surface area contributed by atoms with Gasteiger partial charge in [0, 0.05) is 12.8 Å². The van der Waals surface area contributed by atoms with Crippen LogP contribution < -0.4 is 0 Å². The molecule has 0 radical (unpaired) electrons. The normalized spacial score (nSPS) is 12.3. The Morgan fingerprint density at radius 2 is 0.676 bits per heavy atom. The fourth-order valence-electron chi connectivity index (χ4n) is 4.57. The molecule has 0 atom stereocenters. The standard InChI is InChI=1S/C36H64O/c1-3-5-7-9-11-13-15-17-19-21-23-25-27-29-31-33-35-36(37)34-32-30-28-26-24-22-20-18-16-14-12-10-8-6-4-2/h11-14,17-20H,3-10,15-16,21-35H2,1-2H3. The molecule has 0 fully saturated rings. The quantitative estimate of drug-likeness (QED) is 0.0719. The fraction of sp³-hybridized carbons (Fsp3) is 0.750. The monoisotopic (exact) mass is 512 g/mol. The summed E-state index contributed by atoms with van der Waals surface area (Å²) < 4.78 is 0. The highest BCUT2D eigenvalue weighted by atomic mass is 16.1. The summed E-state index contributed by atoms with van der Waals surface area (Å²) in [6.45, 7) is 4.51. The highest BCUT2D eigenvalue weighted by Crippen LogP contribution is 2.13. The molecule has 0 bridgehead atoms. The Kier molecular flexibility index (Phi) is 31.4. The topological polar surface area (TPSA) is 17.1 Å². The van der Waals surface area contributed by atoms with Gasteiger partial charge < -0.3 is 0 Å². The predicted octanol–water partition coefficient (Wildman–Crippen LogP) is 12.6. The lowest BCUT2D eigenvalue weighted by Gasteiger charge is -2.03. The molecule has 0 heterocycles. The third kappa shape index (κ3) is 32.6. The van der Waals surface area contributed by atoms with Crippen LogP contribution in [0.3, 0.4) is 0 Å². The van der Waals surface area contributed by atoms with E-state index in [-0.39, 0.29) is 0 Å². The van der Waals surface area contributed by atoms with Crippen molar-refractivity contribution >= 4 is 5.78 Å². The number of carbonyl (C=O) groups is 1. The second-order valence-electron chi connectivity index (χ2n) is 10.9. The maximum absolute atomic E-state index is 12.1. The average Bonchev–Trinajstić information content (AvgIpc) is 2.90. The Morgan fingerprint density at radius 1 is 0.378 bits per heavy atom. The molecule has 0 aromatic heterocycles. The van der Waals surface area contributed by atoms with Gasteiger partial charge >= 0.3 is 0 Å². The van der Waals surface area contributed by atoms with Crippen LogP contribution in [0.4, 0.5) is 0 Å². The minimum absolute atomic E-state index is 0.496. The molecule has 0 amide bonds. The third-order valence-electron chi connectivity index (χ3n) is 7.06. The van der Waals surface area contributed by atoms with Gasteiger partial charge in [0.15, 0.2) is 0 Å². The Bertz CT molecular complexity index is 565. The van der Waals surface area contributed by atoms with E-state index < -0.39 is 0 Å². The van der Waals surface area contributed by atoms with E-state index >= 15 is 0 Å². The fourth-order valence-corrected chi connectivity index (χ4v) is 4.57. The lowest BCUT2D eigenvalue weighted by Crippen LogP contribution is -1.97. The van der Waals surface area contributed by atoms with Crippen LogP contribution in [-0.4, -0.2) is 5.78 Å². The van der Waals surface area contributed by atoms with Crippen molar-refractivity contribution in [2.24, 2.45) is 0 Å². The summed E-state index contributed by atoms with van der Waals surface area (Å²) in [5.74, 6) is 0.496. The molecule has 37 heavy (non-hydrogen) atoms. The Morgan fingerprint density at radius 3 is 1.03 bits per heavy atom. The van der Waals surface area contributed by atoms with Crippen LogP contribution in [0, 0.1) is 0 Å². The summed E-state index contributed by atoms with van der Waals surface area (Å²) >= 11 is 0. The molecule has 0 spiro atoms. The lowest BCUT2D eigenvalue weighted by atomic mass is 10.0. The molecule has 0 aromatic rings. The Labute approximate surface area is 233 Å². The molecule has 0 aromatic carbocycles. The first kappa shape index (κ1) is 35.6. The third-order valence-corrected chi connectivity index (χ3v) is 7.06. The molecule has 0 aliphatic rings. The molecule has 0 aliphatic carbocycles. The zero-order valence-electron chi connectivity index (χ0n) is 25.2. The van der Waals surface area contributed by atoms with Crippen molar-refractivity contribution < 1.29 is 4.79 Å². The van der Waals surface area contributed by atoms with E-state index in [4.69, 9.17) is 0 Å². The number of unbranched alkanes of at least 4 members (excludes halogenated alkanes) is 17. The first-order valence-electron chi connectivity index (χ1n) is 16.4. The number of carbonyl (C=O) groups excluding carboxylic acids is 1. The number of hydrogen-bond donors (Lipinski definition) is 0. The molecule has 1 heteroatoms. The predicted molar refractivity (Wildman–Crippen MR) is 168 cm³/mol. The summed E-state index contributed by atoms with van der Waals surface area (Å²) in [6, 6.07) is 0. The molecular formula is C36H64O. The van der Waals surface area contributed by atoms with Gasteiger partial charge in [-0.25, -0.2) is 0 Å². The first-order valence-corrected chi connectivity index (χ1v) is 16.4. The zero-order valence-corrected chi connectivity index (χ0v) is 25.2. The van der Waals surface area contributed by atoms with Gasteiger partial charge in [-0.05, 0) is 77.0 Å². The van der Waals surface area contributed by atoms with Gasteiger partial charge in [0.05, 0.1) is 0 Å². The molecule has 0 saturated carbocycles. The van der Waals surface area contributed by atoms with Crippen LogP contribution in [0.5, 0.6) is 0 Å². The Hall–Kier alpha value is -1.37. The van der Waals surface area contributed by atoms with Crippen molar-refractivity contribution in [1.82, 2.24) is 0 Å². The van der Waals surface area contributed by atoms with E-state index in [1.165, 1.54) is 122 Å². The van der Waals surface area contributed by atoms with Crippen LogP contribution in [0.1, 0.15) is 174 Å². The highest BCUT2D eigenvalue weighted by molar-refractivity contribution is 5.78. The lowest BCUT2D eigenvalue weighted by molar-refractivity contribution is -0.119. The van der Waals surface area contributed by atoms with Crippen molar-refractivity contribution in [2.45, 2.75) is 174 Å². The van der Waals surface area contributed by atoms with Crippen LogP contribution in [-0.2, 0) is 4.79 Å². The van der Waals surface area contributed by atoms with Crippen LogP contribution in [0.2, 0.25) is 0 Å². The van der Waals surface area contributed by atoms with Gasteiger partial charge in [-0.2, -0.15) is 0 Å². The maximum atomic E-state index is 12.1. The summed E-state index contributed by atoms with van der Waals surface area (Å²) in [7, 11) is 0. The van der Waals surface area contributed by atoms with Crippen LogP contribution in [0.15, 0.2) is 48.6 Å². The molecule has 0 N–H and O–H groups in total. The second kappa shape index (κ2) is 32.7. The van der Waals surface area contributed by atoms with Crippen LogP contribution >= 0.6 is 0 Å². The number of allylic oxidation sites excluding steroid dienone is 8. The van der Waals surface area contributed by atoms with Gasteiger partial charge in [0.1, 0.15) is 5.78 Å². The summed E-state index contributed by atoms with van der Waals surface area (Å²) in [6.07, 6.45) is 49.1. The second-order valence-corrected chi connectivity index (χ2v) is 10.9. The van der Waals surface area contributed by atoms with Crippen molar-refractivity contribution in [1.29, 1.82) is 0 Å². The minimum atomic E-state index is 0.496. The zero-order chi connectivity index (χ0) is 26.9. The van der Waals surface area contributed by atoms with E-state index in [1.54, 1.807) is 0 Å². The van der Waals surface area contributed by atoms with Crippen molar-refractivity contribution in [3.8, 4) is 0 Å². The number of hydrogen-bond acceptors (Lipinski definition) is 1. The molecule has 0 aliphatic heterocycles. The number of rotatable bonds is 29. The van der Waals surface area contributed by atoms with Crippen molar-refractivity contribution in [2.75, 3.05) is 0 Å². The highest BCUT2D eigenvalue weighted by Gasteiger charge is 2.02. The van der Waals surface area contributed by atoms with E-state index in [0.717, 1.165) is 38.5 Å². The smallest absolute Gasteiger partial charge is 0.132 e. The molecule has 0 unspecified atom stereocenters. The average molecular weight is 513 g/mol. The van der Waals surface area contributed by atoms with Gasteiger partial charge in [-0.1, -0.05) is 133 Å². The Balaban J connectivity index is 3.30. The van der Waals surface area contributed by atoms with E-state index in [9.17, 15) is 4.79 Å². The van der Waals surface area contributed by atoms with Crippen molar-refractivity contribution in [3.05, 3.63) is 48.6 Å². The molecule has 0 saturated heterocycles. The number of Topliss-reactive ketones (excluding diaryl/α,β-unsaturated/α-hetero) is 1. The van der Waals surface area contributed by atoms with Gasteiger partial charge in [0.2, 0.25) is 0 Å². The van der Waals surface area contributed by atoms with E-state index in [1.807, 2.05) is 0 Å². The summed E-state index contributed by atoms with van der Waals surface area (Å²) in [5.41, 5.74) is 0. The molecule has 214 valence electrons.